The van der Waals surface area contributed by atoms with Gasteiger partial charge in [-0.25, -0.2) is 0 Å². The highest BCUT2D eigenvalue weighted by Gasteiger charge is 2.39. The van der Waals surface area contributed by atoms with E-state index in [0.29, 0.717) is 5.67 Å². The maximum Gasteiger partial charge on any atom is 0.169 e. The van der Waals surface area contributed by atoms with Crippen molar-refractivity contribution in [1.29, 1.82) is 0 Å². The summed E-state index contributed by atoms with van der Waals surface area (Å²) in [4.78, 5) is 14.6. The lowest BCUT2D eigenvalue weighted by Crippen LogP contribution is -2.56. The summed E-state index contributed by atoms with van der Waals surface area (Å²) in [7, 11) is -2.23. The van der Waals surface area contributed by atoms with Crippen molar-refractivity contribution >= 4 is 14.0 Å². The number of rotatable bonds is 5. The van der Waals surface area contributed by atoms with Gasteiger partial charge >= 0.3 is 0 Å². The smallest absolute Gasteiger partial charge is 0.169 e. The average molecular weight is 338 g/mol. The van der Waals surface area contributed by atoms with E-state index in [2.05, 4.69) is 11.4 Å². The molecule has 0 aromatic heterocycles. The Labute approximate surface area is 143 Å². The lowest BCUT2D eigenvalue weighted by Gasteiger charge is -2.40. The first-order chi connectivity index (χ1) is 11.2. The van der Waals surface area contributed by atoms with Gasteiger partial charge in [0.25, 0.3) is 0 Å². The van der Waals surface area contributed by atoms with Crippen LogP contribution in [0, 0.1) is 5.92 Å². The van der Waals surface area contributed by atoms with Crippen LogP contribution in [-0.2, 0) is 4.79 Å². The van der Waals surface area contributed by atoms with Gasteiger partial charge in [-0.3, -0.25) is 0 Å². The molecule has 1 saturated carbocycles. The zero-order chi connectivity index (χ0) is 16.5. The Balaban J connectivity index is 2.15. The second-order valence-corrected chi connectivity index (χ2v) is 11.8. The van der Waals surface area contributed by atoms with Gasteiger partial charge in [0.1, 0.15) is 5.91 Å². The van der Waals surface area contributed by atoms with E-state index in [0.717, 1.165) is 25.1 Å². The van der Waals surface area contributed by atoms with E-state index < -0.39 is 8.07 Å². The van der Waals surface area contributed by atoms with E-state index in [9.17, 15) is 9.90 Å². The summed E-state index contributed by atoms with van der Waals surface area (Å²) in [5.41, 5.74) is 2.21. The van der Waals surface area contributed by atoms with E-state index in [1.165, 1.54) is 76.7 Å². The van der Waals surface area contributed by atoms with Crippen LogP contribution in [0.15, 0.2) is 12.0 Å². The van der Waals surface area contributed by atoms with E-state index in [4.69, 9.17) is 0 Å². The molecule has 2 unspecified atom stereocenters. The number of carbonyl (C=O) groups is 1. The molecular weight excluding hydrogens is 302 g/mol. The first-order valence-electron chi connectivity index (χ1n) is 9.72. The van der Waals surface area contributed by atoms with Crippen LogP contribution in [0.4, 0.5) is 0 Å². The normalized spacial score (nSPS) is 28.7. The highest BCUT2D eigenvalue weighted by molar-refractivity contribution is 7.05. The van der Waals surface area contributed by atoms with E-state index >= 15 is 0 Å². The highest BCUT2D eigenvalue weighted by atomic mass is 28.3. The second-order valence-electron chi connectivity index (χ2n) is 7.87. The zero-order valence-electron chi connectivity index (χ0n) is 14.9. The zero-order valence-corrected chi connectivity index (χ0v) is 15.9. The summed E-state index contributed by atoms with van der Waals surface area (Å²) in [6.45, 7) is 4.43. The molecule has 0 aromatic rings. The molecule has 1 N–H and O–H groups in total. The van der Waals surface area contributed by atoms with Crippen molar-refractivity contribution in [3.63, 3.8) is 0 Å². The van der Waals surface area contributed by atoms with Crippen LogP contribution in [0.5, 0.6) is 0 Å². The standard InChI is InChI=1S/C19H35NO2Si/c1-23(17-22,15-14-21)19-12-8-3-2-4-9-13-20(19)16-18-10-6-5-7-11-18/h14-15,17-19,21H,2-13,16H2,1H3/b15-14-. The molecule has 0 spiro atoms. The Morgan fingerprint density at radius 1 is 1.00 bits per heavy atom. The van der Waals surface area contributed by atoms with Crippen LogP contribution >= 0.6 is 0 Å². The van der Waals surface area contributed by atoms with Gasteiger partial charge in [0.15, 0.2) is 8.07 Å². The van der Waals surface area contributed by atoms with Gasteiger partial charge in [0, 0.05) is 12.2 Å². The third-order valence-corrected chi connectivity index (χ3v) is 9.45. The third-order valence-electron chi connectivity index (χ3n) is 5.99. The molecule has 1 aliphatic heterocycles. The molecule has 2 rings (SSSR count). The largest absolute Gasteiger partial charge is 0.516 e. The predicted octanol–water partition coefficient (Wildman–Crippen LogP) is 4.59. The Kier molecular flexibility index (Phi) is 7.84. The number of aliphatic hydroxyl groups is 1. The van der Waals surface area contributed by atoms with Crippen molar-refractivity contribution in [2.45, 2.75) is 82.8 Å². The van der Waals surface area contributed by atoms with Crippen molar-refractivity contribution in [3.05, 3.63) is 12.0 Å². The Morgan fingerprint density at radius 3 is 2.30 bits per heavy atom. The number of aliphatic hydroxyl groups excluding tert-OH is 1. The maximum atomic E-state index is 11.9. The van der Waals surface area contributed by atoms with Crippen LogP contribution in [-0.4, -0.2) is 42.7 Å². The monoisotopic (exact) mass is 337 g/mol. The molecule has 3 nitrogen and oxygen atoms in total. The van der Waals surface area contributed by atoms with Gasteiger partial charge in [-0.15, -0.1) is 0 Å². The molecule has 0 radical (unpaired) electrons. The topological polar surface area (TPSA) is 40.5 Å². The van der Waals surface area contributed by atoms with Crippen molar-refractivity contribution in [2.24, 2.45) is 5.92 Å². The predicted molar refractivity (Wildman–Crippen MR) is 99.8 cm³/mol. The van der Waals surface area contributed by atoms with Crippen LogP contribution in [0.25, 0.3) is 0 Å². The lowest BCUT2D eigenvalue weighted by molar-refractivity contribution is 0.175. The first kappa shape index (κ1) is 18.7. The third kappa shape index (κ3) is 5.46. The van der Waals surface area contributed by atoms with Gasteiger partial charge in [-0.1, -0.05) is 57.2 Å². The fraction of sp³-hybridized carbons (Fsp3) is 0.842. The number of nitrogens with zero attached hydrogens (tertiary/aromatic N) is 1. The van der Waals surface area contributed by atoms with Crippen molar-refractivity contribution in [2.75, 3.05) is 13.1 Å². The maximum absolute atomic E-state index is 11.9. The summed E-state index contributed by atoms with van der Waals surface area (Å²) in [5, 5.41) is 9.33. The summed E-state index contributed by atoms with van der Waals surface area (Å²) in [6, 6.07) is 0. The lowest BCUT2D eigenvalue weighted by atomic mass is 9.89. The van der Waals surface area contributed by atoms with Crippen molar-refractivity contribution in [3.8, 4) is 0 Å². The van der Waals surface area contributed by atoms with Gasteiger partial charge in [0.2, 0.25) is 0 Å². The van der Waals surface area contributed by atoms with Gasteiger partial charge in [0.05, 0.1) is 6.26 Å². The van der Waals surface area contributed by atoms with Crippen molar-refractivity contribution in [1.82, 2.24) is 4.90 Å². The van der Waals surface area contributed by atoms with Gasteiger partial charge in [-0.2, -0.15) is 0 Å². The number of hydrogen-bond acceptors (Lipinski definition) is 3. The molecule has 132 valence electrons. The Morgan fingerprint density at radius 2 is 1.61 bits per heavy atom. The molecule has 0 amide bonds. The molecule has 2 atom stereocenters. The first-order valence-corrected chi connectivity index (χ1v) is 12.4. The average Bonchev–Trinajstić information content (AvgIpc) is 2.68. The molecule has 1 saturated heterocycles. The molecule has 0 bridgehead atoms. The van der Waals surface area contributed by atoms with Gasteiger partial charge < -0.3 is 14.8 Å². The Hall–Kier alpha value is -0.613. The van der Waals surface area contributed by atoms with Gasteiger partial charge in [-0.05, 0) is 38.1 Å². The Bertz CT molecular complexity index is 382. The molecule has 0 aromatic carbocycles. The van der Waals surface area contributed by atoms with Crippen LogP contribution in [0.2, 0.25) is 6.55 Å². The summed E-state index contributed by atoms with van der Waals surface area (Å²) in [6.07, 6.45) is 15.6. The quantitative estimate of drug-likeness (QED) is 0.453. The summed E-state index contributed by atoms with van der Waals surface area (Å²) >= 11 is 0. The fourth-order valence-corrected chi connectivity index (χ4v) is 7.16. The minimum absolute atomic E-state index is 0.364. The minimum atomic E-state index is -2.23. The van der Waals surface area contributed by atoms with E-state index in [1.807, 2.05) is 5.70 Å². The SMILES string of the molecule is C[Si](C=O)(/C=C\O)C1CCCCCCCN1CC1CCCCC1. The summed E-state index contributed by atoms with van der Waals surface area (Å²) < 4.78 is 0. The molecule has 1 heterocycles. The van der Waals surface area contributed by atoms with E-state index in [1.54, 1.807) is 0 Å². The highest BCUT2D eigenvalue weighted by Crippen LogP contribution is 2.29. The molecule has 1 aliphatic carbocycles. The number of hydrogen-bond donors (Lipinski definition) is 1. The van der Waals surface area contributed by atoms with Crippen LogP contribution < -0.4 is 0 Å². The van der Waals surface area contributed by atoms with Crippen molar-refractivity contribution < 1.29 is 9.90 Å². The van der Waals surface area contributed by atoms with Crippen LogP contribution in [0.3, 0.4) is 0 Å². The molecule has 4 heteroatoms. The summed E-state index contributed by atoms with van der Waals surface area (Å²) in [5.74, 6) is 2.01. The minimum Gasteiger partial charge on any atom is -0.516 e. The molecule has 2 aliphatic rings. The fourth-order valence-electron chi connectivity index (χ4n) is 4.54. The molecule has 2 fully saturated rings. The number of carbonyl (C=O) groups excluding carboxylic acids is 1. The second kappa shape index (κ2) is 9.63. The van der Waals surface area contributed by atoms with Crippen LogP contribution in [0.1, 0.15) is 70.6 Å². The molecule has 23 heavy (non-hydrogen) atoms. The molecular formula is C19H35NO2Si. The van der Waals surface area contributed by atoms with E-state index in [-0.39, 0.29) is 0 Å².